The van der Waals surface area contributed by atoms with E-state index < -0.39 is 19.5 Å². The Kier molecular flexibility index (Phi) is 4.19. The second-order valence-corrected chi connectivity index (χ2v) is 5.60. The highest BCUT2D eigenvalue weighted by atomic mass is 31.2. The zero-order chi connectivity index (χ0) is 14.8. The predicted octanol–water partition coefficient (Wildman–Crippen LogP) is -0.0706. The highest BCUT2D eigenvalue weighted by molar-refractivity contribution is 7.51. The molecule has 0 fully saturated rings. The van der Waals surface area contributed by atoms with Crippen molar-refractivity contribution in [3.8, 4) is 0 Å². The Morgan fingerprint density at radius 3 is 2.90 bits per heavy atom. The molecule has 0 radical (unpaired) electrons. The van der Waals surface area contributed by atoms with Gasteiger partial charge in [0.25, 0.3) is 5.56 Å². The van der Waals surface area contributed by atoms with Crippen LogP contribution in [-0.4, -0.2) is 42.6 Å². The van der Waals surface area contributed by atoms with Gasteiger partial charge in [-0.25, -0.2) is 10.0 Å². The molecule has 0 saturated heterocycles. The molecule has 0 atom stereocenters. The van der Waals surface area contributed by atoms with Crippen molar-refractivity contribution in [3.63, 3.8) is 0 Å². The van der Waals surface area contributed by atoms with Crippen LogP contribution in [0, 0.1) is 0 Å². The van der Waals surface area contributed by atoms with Crippen LogP contribution in [-0.2, 0) is 9.40 Å². The Balaban J connectivity index is 2.30. The van der Waals surface area contributed by atoms with Crippen molar-refractivity contribution in [2.45, 2.75) is 13.3 Å². The quantitative estimate of drug-likeness (QED) is 0.428. The number of nitrogens with zero attached hydrogens (tertiary/aromatic N) is 3. The van der Waals surface area contributed by atoms with E-state index in [2.05, 4.69) is 19.9 Å². The number of imidazole rings is 1. The number of fused-ring (bicyclic) bond motifs is 1. The van der Waals surface area contributed by atoms with E-state index in [1.807, 2.05) is 6.92 Å². The van der Waals surface area contributed by atoms with Crippen molar-refractivity contribution in [2.75, 3.05) is 18.0 Å². The van der Waals surface area contributed by atoms with Gasteiger partial charge in [0, 0.05) is 6.54 Å². The molecule has 0 unspecified atom stereocenters. The zero-order valence-electron chi connectivity index (χ0n) is 10.6. The van der Waals surface area contributed by atoms with E-state index >= 15 is 0 Å². The molecule has 2 aromatic heterocycles. The highest BCUT2D eigenvalue weighted by Crippen LogP contribution is 2.34. The first-order valence-corrected chi connectivity index (χ1v) is 7.59. The zero-order valence-corrected chi connectivity index (χ0v) is 11.5. The third-order valence-electron chi connectivity index (χ3n) is 2.33. The minimum Gasteiger partial charge on any atom is -0.339 e. The molecular formula is C9H14N5O5P. The lowest BCUT2D eigenvalue weighted by Gasteiger charge is -2.21. The first-order chi connectivity index (χ1) is 9.40. The van der Waals surface area contributed by atoms with E-state index in [-0.39, 0.29) is 17.1 Å². The van der Waals surface area contributed by atoms with E-state index in [0.717, 1.165) is 5.06 Å². The van der Waals surface area contributed by atoms with E-state index in [0.29, 0.717) is 13.0 Å². The van der Waals surface area contributed by atoms with Crippen molar-refractivity contribution in [2.24, 2.45) is 0 Å². The molecule has 11 heteroatoms. The van der Waals surface area contributed by atoms with Gasteiger partial charge >= 0.3 is 7.60 Å². The average Bonchev–Trinajstić information content (AvgIpc) is 2.82. The lowest BCUT2D eigenvalue weighted by molar-refractivity contribution is 0.127. The fraction of sp³-hybridized carbons (Fsp3) is 0.444. The maximum atomic E-state index is 11.8. The van der Waals surface area contributed by atoms with Gasteiger partial charge in [0.15, 0.2) is 17.5 Å². The fourth-order valence-corrected chi connectivity index (χ4v) is 1.82. The molecule has 0 amide bonds. The van der Waals surface area contributed by atoms with Crippen molar-refractivity contribution in [1.29, 1.82) is 0 Å². The van der Waals surface area contributed by atoms with E-state index in [4.69, 9.17) is 14.6 Å². The number of aromatic amines is 2. The summed E-state index contributed by atoms with van der Waals surface area (Å²) in [5, 5.41) is 1.13. The summed E-state index contributed by atoms with van der Waals surface area (Å²) >= 11 is 0. The molecule has 0 aromatic carbocycles. The predicted molar refractivity (Wildman–Crippen MR) is 70.1 cm³/mol. The summed E-state index contributed by atoms with van der Waals surface area (Å²) in [5.74, 6) is 0.0462. The Morgan fingerprint density at radius 2 is 2.25 bits per heavy atom. The van der Waals surface area contributed by atoms with Gasteiger partial charge in [-0.1, -0.05) is 6.92 Å². The number of nitrogens with one attached hydrogen (secondary N) is 2. The van der Waals surface area contributed by atoms with Gasteiger partial charge in [0.05, 0.1) is 6.33 Å². The van der Waals surface area contributed by atoms with E-state index in [1.54, 1.807) is 0 Å². The monoisotopic (exact) mass is 303 g/mol. The molecule has 2 rings (SSSR count). The second kappa shape index (κ2) is 5.71. The van der Waals surface area contributed by atoms with Crippen molar-refractivity contribution in [1.82, 2.24) is 19.9 Å². The molecule has 0 bridgehead atoms. The Labute approximate surface area is 112 Å². The minimum absolute atomic E-state index is 0.0462. The Bertz CT molecular complexity index is 691. The van der Waals surface area contributed by atoms with Gasteiger partial charge < -0.3 is 14.8 Å². The van der Waals surface area contributed by atoms with E-state index in [1.165, 1.54) is 6.33 Å². The standard InChI is InChI=1S/C9H14N5O5P/c1-2-3-14(19-5-20(16,17)18)9-12-7-6(8(15)13-9)10-4-11-7/h4H,2-3,5H2,1H3,(H2,16,17,18)(H2,10,11,12,13,15). The van der Waals surface area contributed by atoms with Crippen LogP contribution in [0.5, 0.6) is 0 Å². The molecule has 2 aromatic rings. The number of anilines is 1. The number of hydrogen-bond acceptors (Lipinski definition) is 6. The lowest BCUT2D eigenvalue weighted by Crippen LogP contribution is -2.29. The number of hydroxylamine groups is 1. The summed E-state index contributed by atoms with van der Waals surface area (Å²) in [6, 6.07) is 0. The summed E-state index contributed by atoms with van der Waals surface area (Å²) < 4.78 is 10.8. The van der Waals surface area contributed by atoms with Crippen LogP contribution in [0.15, 0.2) is 11.1 Å². The van der Waals surface area contributed by atoms with E-state index in [9.17, 15) is 9.36 Å². The van der Waals surface area contributed by atoms with Gasteiger partial charge in [-0.3, -0.25) is 19.2 Å². The number of hydrogen-bond donors (Lipinski definition) is 4. The van der Waals surface area contributed by atoms with Crippen molar-refractivity contribution >= 4 is 24.7 Å². The van der Waals surface area contributed by atoms with Gasteiger partial charge in [-0.2, -0.15) is 4.98 Å². The first-order valence-electron chi connectivity index (χ1n) is 5.79. The second-order valence-electron chi connectivity index (χ2n) is 4.02. The topological polar surface area (TPSA) is 144 Å². The molecule has 20 heavy (non-hydrogen) atoms. The number of aromatic nitrogens is 4. The third kappa shape index (κ3) is 3.42. The summed E-state index contributed by atoms with van der Waals surface area (Å²) in [7, 11) is -4.32. The molecule has 0 saturated carbocycles. The lowest BCUT2D eigenvalue weighted by atomic mass is 10.5. The largest absolute Gasteiger partial charge is 0.353 e. The van der Waals surface area contributed by atoms with Crippen LogP contribution >= 0.6 is 7.60 Å². The maximum absolute atomic E-state index is 11.8. The normalized spacial score (nSPS) is 11.9. The molecule has 0 aliphatic rings. The van der Waals surface area contributed by atoms with Crippen LogP contribution in [0.4, 0.5) is 5.95 Å². The molecule has 10 nitrogen and oxygen atoms in total. The van der Waals surface area contributed by atoms with Crippen LogP contribution in [0.25, 0.3) is 11.2 Å². The van der Waals surface area contributed by atoms with Gasteiger partial charge in [0.1, 0.15) is 0 Å². The van der Waals surface area contributed by atoms with Crippen molar-refractivity contribution < 1.29 is 19.2 Å². The fourth-order valence-electron chi connectivity index (χ4n) is 1.53. The van der Waals surface area contributed by atoms with Gasteiger partial charge in [0.2, 0.25) is 5.95 Å². The van der Waals surface area contributed by atoms with Crippen LogP contribution in [0.2, 0.25) is 0 Å². The Hall–Kier alpha value is -1.74. The summed E-state index contributed by atoms with van der Waals surface area (Å²) in [4.78, 5) is 47.5. The molecular weight excluding hydrogens is 289 g/mol. The molecule has 0 aliphatic carbocycles. The SMILES string of the molecule is CCCN(OCP(=O)(O)O)c1nc2nc[nH]c2c(=O)[nH]1. The first kappa shape index (κ1) is 14.7. The molecule has 110 valence electrons. The minimum atomic E-state index is -4.32. The van der Waals surface area contributed by atoms with Crippen LogP contribution < -0.4 is 10.6 Å². The van der Waals surface area contributed by atoms with Crippen LogP contribution in [0.1, 0.15) is 13.3 Å². The highest BCUT2D eigenvalue weighted by Gasteiger charge is 2.19. The van der Waals surface area contributed by atoms with Crippen LogP contribution in [0.3, 0.4) is 0 Å². The third-order valence-corrected chi connectivity index (χ3v) is 2.78. The molecule has 4 N–H and O–H groups in total. The summed E-state index contributed by atoms with van der Waals surface area (Å²) in [6.07, 6.45) is 1.16. The van der Waals surface area contributed by atoms with Gasteiger partial charge in [-0.15, -0.1) is 0 Å². The summed E-state index contributed by atoms with van der Waals surface area (Å²) in [5.41, 5.74) is -0.0202. The van der Waals surface area contributed by atoms with Gasteiger partial charge in [-0.05, 0) is 6.42 Å². The maximum Gasteiger partial charge on any atom is 0.353 e. The molecule has 2 heterocycles. The molecule has 0 spiro atoms. The number of rotatable bonds is 6. The average molecular weight is 303 g/mol. The molecule has 0 aliphatic heterocycles. The Morgan fingerprint density at radius 1 is 1.50 bits per heavy atom. The number of H-pyrrole nitrogens is 2. The van der Waals surface area contributed by atoms with Crippen molar-refractivity contribution in [3.05, 3.63) is 16.7 Å². The smallest absolute Gasteiger partial charge is 0.339 e. The summed E-state index contributed by atoms with van der Waals surface area (Å²) in [6.45, 7) is 2.15.